The second-order valence-electron chi connectivity index (χ2n) is 6.53. The fraction of sp³-hybridized carbons (Fsp3) is 0.130. The zero-order chi connectivity index (χ0) is 20.1. The maximum Gasteiger partial charge on any atom is 0.255 e. The van der Waals surface area contributed by atoms with E-state index < -0.39 is 0 Å². The van der Waals surface area contributed by atoms with E-state index in [4.69, 9.17) is 0 Å². The summed E-state index contributed by atoms with van der Waals surface area (Å²) >= 11 is 5.12. The number of hydrogen-bond acceptors (Lipinski definition) is 3. The number of rotatable bonds is 6. The van der Waals surface area contributed by atoms with Gasteiger partial charge in [-0.2, -0.15) is 0 Å². The van der Waals surface area contributed by atoms with Crippen molar-refractivity contribution in [1.29, 1.82) is 0 Å². The van der Waals surface area contributed by atoms with Crippen LogP contribution in [0.1, 0.15) is 40.1 Å². The van der Waals surface area contributed by atoms with Gasteiger partial charge in [0.05, 0.1) is 5.69 Å². The van der Waals surface area contributed by atoms with Crippen molar-refractivity contribution in [3.63, 3.8) is 0 Å². The molecule has 0 radical (unpaired) electrons. The lowest BCUT2D eigenvalue weighted by atomic mass is 10.0. The van der Waals surface area contributed by atoms with Gasteiger partial charge in [-0.25, -0.2) is 0 Å². The van der Waals surface area contributed by atoms with Crippen molar-refractivity contribution in [2.24, 2.45) is 0 Å². The summed E-state index contributed by atoms with van der Waals surface area (Å²) in [6.07, 6.45) is 0. The zero-order valence-electron chi connectivity index (χ0n) is 15.6. The quantitative estimate of drug-likeness (QED) is 0.345. The molecule has 0 saturated carbocycles. The van der Waals surface area contributed by atoms with E-state index in [-0.39, 0.29) is 11.7 Å². The Hall–Kier alpha value is -2.37. The van der Waals surface area contributed by atoms with Crippen molar-refractivity contribution >= 4 is 45.1 Å². The molecule has 0 aliphatic heterocycles. The van der Waals surface area contributed by atoms with Gasteiger partial charge in [0, 0.05) is 31.3 Å². The fourth-order valence-corrected chi connectivity index (χ4v) is 3.99. The Morgan fingerprint density at radius 3 is 2.32 bits per heavy atom. The first-order valence-electron chi connectivity index (χ1n) is 8.91. The molecule has 0 aromatic heterocycles. The highest BCUT2D eigenvalue weighted by Gasteiger charge is 2.17. The molecule has 1 N–H and O–H groups in total. The molecule has 28 heavy (non-hydrogen) atoms. The molecule has 0 atom stereocenters. The third-order valence-corrected chi connectivity index (χ3v) is 5.47. The van der Waals surface area contributed by atoms with Gasteiger partial charge < -0.3 is 5.32 Å². The highest BCUT2D eigenvalue weighted by atomic mass is 79.9. The van der Waals surface area contributed by atoms with Crippen LogP contribution in [0.25, 0.3) is 0 Å². The number of thioether (sulfide) groups is 1. The van der Waals surface area contributed by atoms with E-state index >= 15 is 0 Å². The summed E-state index contributed by atoms with van der Waals surface area (Å²) in [5.41, 5.74) is 2.07. The largest absolute Gasteiger partial charge is 0.321 e. The van der Waals surface area contributed by atoms with Crippen LogP contribution in [0.2, 0.25) is 0 Å². The van der Waals surface area contributed by atoms with E-state index in [0.717, 1.165) is 9.37 Å². The number of nitrogens with one attached hydrogen (secondary N) is 1. The van der Waals surface area contributed by atoms with Crippen LogP contribution in [0, 0.1) is 0 Å². The van der Waals surface area contributed by atoms with Crippen LogP contribution in [-0.4, -0.2) is 16.9 Å². The molecule has 0 unspecified atom stereocenters. The molecule has 3 rings (SSSR count). The number of amides is 1. The molecule has 0 heterocycles. The zero-order valence-corrected chi connectivity index (χ0v) is 18.0. The Bertz CT molecular complexity index is 1000. The summed E-state index contributed by atoms with van der Waals surface area (Å²) in [5, 5.41) is 3.33. The van der Waals surface area contributed by atoms with Gasteiger partial charge in [-0.15, -0.1) is 11.8 Å². The molecule has 3 aromatic rings. The lowest BCUT2D eigenvalue weighted by Gasteiger charge is -2.12. The van der Waals surface area contributed by atoms with Gasteiger partial charge in [0.2, 0.25) is 0 Å². The minimum atomic E-state index is -0.240. The van der Waals surface area contributed by atoms with E-state index in [1.165, 1.54) is 0 Å². The lowest BCUT2D eigenvalue weighted by molar-refractivity contribution is 0.102. The minimum Gasteiger partial charge on any atom is -0.321 e. The average molecular weight is 454 g/mol. The monoisotopic (exact) mass is 453 g/mol. The van der Waals surface area contributed by atoms with Gasteiger partial charge >= 0.3 is 0 Å². The standard InChI is InChI=1S/C23H20BrNO2S/c1-15(2)28-19-10-6-9-17(13-19)23(27)25-21-12-11-18(24)14-20(21)22(26)16-7-4-3-5-8-16/h3-15H,1-2H3,(H,25,27). The minimum absolute atomic E-state index is 0.138. The topological polar surface area (TPSA) is 46.2 Å². The smallest absolute Gasteiger partial charge is 0.255 e. The summed E-state index contributed by atoms with van der Waals surface area (Å²) in [6.45, 7) is 4.22. The van der Waals surface area contributed by atoms with Crippen molar-refractivity contribution in [1.82, 2.24) is 0 Å². The van der Waals surface area contributed by atoms with Crippen LogP contribution in [0.15, 0.2) is 82.2 Å². The number of hydrogen-bond donors (Lipinski definition) is 1. The second kappa shape index (κ2) is 9.22. The maximum absolute atomic E-state index is 12.9. The molecular weight excluding hydrogens is 434 g/mol. The van der Waals surface area contributed by atoms with E-state index in [0.29, 0.717) is 27.6 Å². The van der Waals surface area contributed by atoms with E-state index in [2.05, 4.69) is 35.1 Å². The number of carbonyl (C=O) groups is 2. The molecule has 142 valence electrons. The molecule has 3 aromatic carbocycles. The van der Waals surface area contributed by atoms with Crippen molar-refractivity contribution in [2.45, 2.75) is 24.0 Å². The summed E-state index contributed by atoms with van der Waals surface area (Å²) < 4.78 is 0.778. The third-order valence-electron chi connectivity index (χ3n) is 3.98. The molecule has 0 aliphatic rings. The summed E-state index contributed by atoms with van der Waals surface area (Å²) in [4.78, 5) is 26.8. The Labute approximate surface area is 177 Å². The third kappa shape index (κ3) is 5.12. The van der Waals surface area contributed by atoms with Crippen LogP contribution in [0.4, 0.5) is 5.69 Å². The van der Waals surface area contributed by atoms with E-state index in [1.54, 1.807) is 42.1 Å². The predicted molar refractivity (Wildman–Crippen MR) is 119 cm³/mol. The number of anilines is 1. The summed E-state index contributed by atoms with van der Waals surface area (Å²) in [5.74, 6) is -0.378. The van der Waals surface area contributed by atoms with Gasteiger partial charge in [0.15, 0.2) is 5.78 Å². The molecule has 1 amide bonds. The second-order valence-corrected chi connectivity index (χ2v) is 9.10. The molecule has 0 aliphatic carbocycles. The first-order valence-corrected chi connectivity index (χ1v) is 10.6. The Morgan fingerprint density at radius 1 is 0.893 bits per heavy atom. The number of halogens is 1. The van der Waals surface area contributed by atoms with Crippen LogP contribution < -0.4 is 5.32 Å². The normalized spacial score (nSPS) is 10.7. The highest BCUT2D eigenvalue weighted by molar-refractivity contribution is 9.10. The van der Waals surface area contributed by atoms with Crippen LogP contribution in [-0.2, 0) is 0 Å². The molecule has 0 saturated heterocycles. The Morgan fingerprint density at radius 2 is 1.61 bits per heavy atom. The predicted octanol–water partition coefficient (Wildman–Crippen LogP) is 6.43. The maximum atomic E-state index is 12.9. The SMILES string of the molecule is CC(C)Sc1cccc(C(=O)Nc2ccc(Br)cc2C(=O)c2ccccc2)c1. The number of carbonyl (C=O) groups excluding carboxylic acids is 2. The van der Waals surface area contributed by atoms with Gasteiger partial charge in [0.25, 0.3) is 5.91 Å². The van der Waals surface area contributed by atoms with Gasteiger partial charge in [0.1, 0.15) is 0 Å². The lowest BCUT2D eigenvalue weighted by Crippen LogP contribution is -2.15. The highest BCUT2D eigenvalue weighted by Crippen LogP contribution is 2.26. The average Bonchev–Trinajstić information content (AvgIpc) is 2.69. The molecule has 0 bridgehead atoms. The number of ketones is 1. The summed E-state index contributed by atoms with van der Waals surface area (Å²) in [7, 11) is 0. The Balaban J connectivity index is 1.89. The Kier molecular flexibility index (Phi) is 6.70. The first-order chi connectivity index (χ1) is 13.4. The fourth-order valence-electron chi connectivity index (χ4n) is 2.74. The van der Waals surface area contributed by atoms with Gasteiger partial charge in [-0.3, -0.25) is 9.59 Å². The summed E-state index contributed by atoms with van der Waals surface area (Å²) in [6, 6.07) is 21.8. The van der Waals surface area contributed by atoms with Gasteiger partial charge in [-0.1, -0.05) is 66.2 Å². The van der Waals surface area contributed by atoms with Crippen molar-refractivity contribution in [2.75, 3.05) is 5.32 Å². The molecule has 0 fully saturated rings. The number of benzene rings is 3. The molecule has 3 nitrogen and oxygen atoms in total. The molecule has 0 spiro atoms. The molecular formula is C23H20BrNO2S. The van der Waals surface area contributed by atoms with Crippen molar-refractivity contribution in [3.05, 3.63) is 94.0 Å². The van der Waals surface area contributed by atoms with Crippen LogP contribution >= 0.6 is 27.7 Å². The van der Waals surface area contributed by atoms with Crippen molar-refractivity contribution < 1.29 is 9.59 Å². The van der Waals surface area contributed by atoms with Crippen LogP contribution in [0.3, 0.4) is 0 Å². The first kappa shape index (κ1) is 20.4. The van der Waals surface area contributed by atoms with Gasteiger partial charge in [-0.05, 0) is 36.4 Å². The van der Waals surface area contributed by atoms with E-state index in [9.17, 15) is 9.59 Å². The van der Waals surface area contributed by atoms with E-state index in [1.807, 2.05) is 42.5 Å². The molecule has 5 heteroatoms. The van der Waals surface area contributed by atoms with Crippen LogP contribution in [0.5, 0.6) is 0 Å². The van der Waals surface area contributed by atoms with Crippen molar-refractivity contribution in [3.8, 4) is 0 Å².